The quantitative estimate of drug-likeness (QED) is 0.634. The van der Waals surface area contributed by atoms with Crippen LogP contribution in [0.15, 0.2) is 35.9 Å². The van der Waals surface area contributed by atoms with Crippen LogP contribution in [0.5, 0.6) is 0 Å². The van der Waals surface area contributed by atoms with E-state index in [1.54, 1.807) is 0 Å². The zero-order valence-electron chi connectivity index (χ0n) is 14.5. The fourth-order valence-electron chi connectivity index (χ4n) is 3.86. The highest BCUT2D eigenvalue weighted by Crippen LogP contribution is 2.35. The number of halogens is 1. The minimum atomic E-state index is -0.344. The molecule has 0 spiro atoms. The maximum Gasteiger partial charge on any atom is 0.271 e. The maximum absolute atomic E-state index is 13.5. The Hall–Kier alpha value is -1.31. The van der Waals surface area contributed by atoms with Crippen molar-refractivity contribution in [3.05, 3.63) is 47.0 Å². The number of ether oxygens (including phenoxy) is 1. The summed E-state index contributed by atoms with van der Waals surface area (Å²) in [5, 5.41) is 0. The van der Waals surface area contributed by atoms with Crippen LogP contribution in [0.1, 0.15) is 75.8 Å². The Kier molecular flexibility index (Phi) is 5.40. The van der Waals surface area contributed by atoms with Crippen LogP contribution in [0.3, 0.4) is 0 Å². The van der Waals surface area contributed by atoms with Gasteiger partial charge in [0.25, 0.3) is 6.01 Å². The molecule has 1 nitrogen and oxygen atoms in total. The fraction of sp³-hybridized carbons (Fsp3) is 0.619. The Labute approximate surface area is 139 Å². The van der Waals surface area contributed by atoms with Gasteiger partial charge >= 0.3 is 0 Å². The predicted octanol–water partition coefficient (Wildman–Crippen LogP) is 6.29. The van der Waals surface area contributed by atoms with Gasteiger partial charge in [0.2, 0.25) is 0 Å². The molecule has 1 aliphatic carbocycles. The summed E-state index contributed by atoms with van der Waals surface area (Å²) in [6.45, 7) is 4.18. The molecule has 0 saturated heterocycles. The first kappa shape index (κ1) is 16.5. The van der Waals surface area contributed by atoms with Crippen LogP contribution in [0.4, 0.5) is 4.39 Å². The van der Waals surface area contributed by atoms with Crippen LogP contribution in [-0.4, -0.2) is 6.10 Å². The molecule has 1 unspecified atom stereocenters. The summed E-state index contributed by atoms with van der Waals surface area (Å²) >= 11 is 0. The zero-order valence-corrected chi connectivity index (χ0v) is 14.5. The lowest BCUT2D eigenvalue weighted by Crippen LogP contribution is -2.17. The van der Waals surface area contributed by atoms with Crippen molar-refractivity contribution in [1.82, 2.24) is 0 Å². The highest BCUT2D eigenvalue weighted by atomic mass is 19.1. The molecule has 2 aliphatic rings. The van der Waals surface area contributed by atoms with E-state index >= 15 is 0 Å². The van der Waals surface area contributed by atoms with Crippen molar-refractivity contribution in [3.63, 3.8) is 0 Å². The van der Waals surface area contributed by atoms with Crippen molar-refractivity contribution >= 4 is 0 Å². The van der Waals surface area contributed by atoms with Crippen LogP contribution < -0.4 is 0 Å². The van der Waals surface area contributed by atoms with E-state index in [1.165, 1.54) is 36.8 Å². The first-order valence-electron chi connectivity index (χ1n) is 9.22. The lowest BCUT2D eigenvalue weighted by atomic mass is 9.79. The van der Waals surface area contributed by atoms with Crippen LogP contribution in [0.25, 0.3) is 0 Å². The molecule has 1 saturated carbocycles. The van der Waals surface area contributed by atoms with Gasteiger partial charge in [-0.15, -0.1) is 0 Å². The lowest BCUT2D eigenvalue weighted by Gasteiger charge is -2.26. The number of hydrogen-bond donors (Lipinski definition) is 0. The van der Waals surface area contributed by atoms with E-state index in [2.05, 4.69) is 31.2 Å². The molecular formula is C21H29FO. The molecule has 1 aromatic rings. The van der Waals surface area contributed by atoms with Crippen molar-refractivity contribution in [2.45, 2.75) is 77.2 Å². The molecule has 0 radical (unpaired) electrons. The molecule has 1 aliphatic heterocycles. The second-order valence-corrected chi connectivity index (χ2v) is 7.57. The van der Waals surface area contributed by atoms with Crippen molar-refractivity contribution in [1.29, 1.82) is 0 Å². The third-order valence-electron chi connectivity index (χ3n) is 5.67. The molecule has 1 atom stereocenters. The van der Waals surface area contributed by atoms with Gasteiger partial charge in [-0.25, -0.2) is 0 Å². The summed E-state index contributed by atoms with van der Waals surface area (Å²) in [6.07, 6.45) is 9.09. The van der Waals surface area contributed by atoms with E-state index in [9.17, 15) is 4.39 Å². The number of benzene rings is 1. The third-order valence-corrected chi connectivity index (χ3v) is 5.67. The Morgan fingerprint density at radius 3 is 2.39 bits per heavy atom. The summed E-state index contributed by atoms with van der Waals surface area (Å²) in [5.74, 6) is 1.66. The first-order valence-corrected chi connectivity index (χ1v) is 9.22. The van der Waals surface area contributed by atoms with E-state index < -0.39 is 0 Å². The van der Waals surface area contributed by atoms with E-state index in [4.69, 9.17) is 4.74 Å². The van der Waals surface area contributed by atoms with E-state index in [0.717, 1.165) is 43.1 Å². The molecule has 3 rings (SSSR count). The van der Waals surface area contributed by atoms with Crippen molar-refractivity contribution in [2.75, 3.05) is 0 Å². The largest absolute Gasteiger partial charge is 0.468 e. The van der Waals surface area contributed by atoms with Crippen molar-refractivity contribution < 1.29 is 9.13 Å². The topological polar surface area (TPSA) is 9.23 Å². The van der Waals surface area contributed by atoms with Crippen LogP contribution in [0, 0.1) is 5.92 Å². The lowest BCUT2D eigenvalue weighted by molar-refractivity contribution is 0.0399. The molecule has 126 valence electrons. The monoisotopic (exact) mass is 316 g/mol. The number of aryl methyl sites for hydroxylation is 1. The Bertz CT molecular complexity index is 537. The molecular weight excluding hydrogens is 287 g/mol. The molecule has 1 fully saturated rings. The van der Waals surface area contributed by atoms with E-state index in [-0.39, 0.29) is 12.1 Å². The van der Waals surface area contributed by atoms with Gasteiger partial charge in [0.15, 0.2) is 0 Å². The Balaban J connectivity index is 1.50. The SMILES string of the molecule is CC1=C(F)OC(CCc2ccc(C3CCC(C)CC3)cc2)CC1. The van der Waals surface area contributed by atoms with Gasteiger partial charge in [-0.05, 0) is 74.0 Å². The van der Waals surface area contributed by atoms with Crippen molar-refractivity contribution in [3.8, 4) is 0 Å². The molecule has 23 heavy (non-hydrogen) atoms. The van der Waals surface area contributed by atoms with Gasteiger partial charge in [-0.1, -0.05) is 44.0 Å². The minimum Gasteiger partial charge on any atom is -0.468 e. The van der Waals surface area contributed by atoms with Gasteiger partial charge in [0.1, 0.15) is 6.10 Å². The summed E-state index contributed by atoms with van der Waals surface area (Å²) in [4.78, 5) is 0. The highest BCUT2D eigenvalue weighted by Gasteiger charge is 2.21. The fourth-order valence-corrected chi connectivity index (χ4v) is 3.86. The molecule has 0 N–H and O–H groups in total. The summed E-state index contributed by atoms with van der Waals surface area (Å²) < 4.78 is 18.9. The summed E-state index contributed by atoms with van der Waals surface area (Å²) in [7, 11) is 0. The molecule has 1 aromatic carbocycles. The third kappa shape index (κ3) is 4.37. The zero-order chi connectivity index (χ0) is 16.2. The number of rotatable bonds is 4. The second kappa shape index (κ2) is 7.51. The van der Waals surface area contributed by atoms with Gasteiger partial charge in [0.05, 0.1) is 0 Å². The molecule has 1 heterocycles. The summed E-state index contributed by atoms with van der Waals surface area (Å²) in [6, 6.07) is 8.79. The van der Waals surface area contributed by atoms with E-state index in [0.29, 0.717) is 0 Å². The Morgan fingerprint density at radius 1 is 1.04 bits per heavy atom. The molecule has 2 heteroatoms. The van der Waals surface area contributed by atoms with Gasteiger partial charge in [0, 0.05) is 0 Å². The standard InChI is InChI=1S/C21H29FO/c1-15-3-9-18(10-4-15)19-11-6-17(7-12-19)8-14-20-13-5-16(2)21(22)23-20/h6-7,11-12,15,18,20H,3-5,8-10,13-14H2,1-2H3. The first-order chi connectivity index (χ1) is 11.1. The van der Waals surface area contributed by atoms with Gasteiger partial charge in [-0.2, -0.15) is 4.39 Å². The van der Waals surface area contributed by atoms with Gasteiger partial charge in [-0.3, -0.25) is 0 Å². The van der Waals surface area contributed by atoms with E-state index in [1.807, 2.05) is 6.92 Å². The average Bonchev–Trinajstić information content (AvgIpc) is 2.57. The molecule has 0 aromatic heterocycles. The normalized spacial score (nSPS) is 28.6. The minimum absolute atomic E-state index is 0.0400. The number of hydrogen-bond acceptors (Lipinski definition) is 1. The van der Waals surface area contributed by atoms with Crippen molar-refractivity contribution in [2.24, 2.45) is 5.92 Å². The maximum atomic E-state index is 13.5. The Morgan fingerprint density at radius 2 is 1.74 bits per heavy atom. The predicted molar refractivity (Wildman–Crippen MR) is 93.1 cm³/mol. The smallest absolute Gasteiger partial charge is 0.271 e. The van der Waals surface area contributed by atoms with Crippen LogP contribution in [0.2, 0.25) is 0 Å². The van der Waals surface area contributed by atoms with Gasteiger partial charge < -0.3 is 4.74 Å². The number of allylic oxidation sites excluding steroid dienone is 1. The highest BCUT2D eigenvalue weighted by molar-refractivity contribution is 5.26. The average molecular weight is 316 g/mol. The second-order valence-electron chi connectivity index (χ2n) is 7.57. The molecule has 0 bridgehead atoms. The van der Waals surface area contributed by atoms with Crippen LogP contribution in [-0.2, 0) is 11.2 Å². The summed E-state index contributed by atoms with van der Waals surface area (Å²) in [5.41, 5.74) is 3.60. The van der Waals surface area contributed by atoms with Crippen LogP contribution >= 0.6 is 0 Å². The molecule has 0 amide bonds.